The Labute approximate surface area is 191 Å². The third-order valence-electron chi connectivity index (χ3n) is 4.83. The Hall–Kier alpha value is -2.67. The fraction of sp³-hybridized carbons (Fsp3) is 0.560. The Kier molecular flexibility index (Phi) is 12.1. The number of ether oxygens (including phenoxy) is 4. The van der Waals surface area contributed by atoms with Gasteiger partial charge in [0.25, 0.3) is 0 Å². The molecule has 0 saturated carbocycles. The summed E-state index contributed by atoms with van der Waals surface area (Å²) in [5.74, 6) is 1.71. The van der Waals surface area contributed by atoms with Gasteiger partial charge >= 0.3 is 5.97 Å². The summed E-state index contributed by atoms with van der Waals surface area (Å²) >= 11 is 0. The molecule has 0 fully saturated rings. The maximum atomic E-state index is 11.6. The summed E-state index contributed by atoms with van der Waals surface area (Å²) in [5.41, 5.74) is 0.888. The molecule has 0 spiro atoms. The van der Waals surface area contributed by atoms with Gasteiger partial charge in [-0.1, -0.05) is 39.0 Å². The summed E-state index contributed by atoms with van der Waals surface area (Å²) in [7, 11) is 1.55. The second-order valence-electron chi connectivity index (χ2n) is 7.74. The summed E-state index contributed by atoms with van der Waals surface area (Å²) in [6.07, 6.45) is 10.7. The van der Waals surface area contributed by atoms with Gasteiger partial charge in [0.2, 0.25) is 0 Å². The molecule has 1 unspecified atom stereocenters. The zero-order valence-electron chi connectivity index (χ0n) is 19.5. The van der Waals surface area contributed by atoms with E-state index in [-0.39, 0.29) is 25.1 Å². The summed E-state index contributed by atoms with van der Waals surface area (Å²) in [6.45, 7) is 5.34. The van der Waals surface area contributed by atoms with Crippen LogP contribution in [0.1, 0.15) is 58.8 Å². The van der Waals surface area contributed by atoms with E-state index < -0.39 is 0 Å². The topological polar surface area (TPSA) is 79.8 Å². The lowest BCUT2D eigenvalue weighted by Gasteiger charge is -2.14. The number of aromatic nitrogens is 2. The normalized spacial score (nSPS) is 11.7. The van der Waals surface area contributed by atoms with Crippen LogP contribution < -0.4 is 9.47 Å². The second kappa shape index (κ2) is 15.2. The standard InChI is InChI=1S/C25H36N2O5/c1-4-5-6-7-8-9-15-30-23-17-26-25(27-18-23)21-10-12-22(13-11-21)31-19-20(2)32-24(28)14-16-29-3/h10-13,17-18,20H,4-9,14-16,19H2,1-3H3. The minimum absolute atomic E-state index is 0.235. The van der Waals surface area contributed by atoms with Crippen LogP contribution in [-0.4, -0.2) is 49.0 Å². The van der Waals surface area contributed by atoms with Crippen LogP contribution >= 0.6 is 0 Å². The SMILES string of the molecule is CCCCCCCCOc1cnc(-c2ccc(OCC(C)OC(=O)CCOC)cc2)nc1. The average molecular weight is 445 g/mol. The van der Waals surface area contributed by atoms with Crippen LogP contribution in [-0.2, 0) is 14.3 Å². The molecule has 0 N–H and O–H groups in total. The Morgan fingerprint density at radius 1 is 0.906 bits per heavy atom. The van der Waals surface area contributed by atoms with E-state index in [0.29, 0.717) is 30.5 Å². The van der Waals surface area contributed by atoms with Gasteiger partial charge in [0.15, 0.2) is 11.6 Å². The van der Waals surface area contributed by atoms with E-state index in [1.807, 2.05) is 24.3 Å². The highest BCUT2D eigenvalue weighted by atomic mass is 16.6. The van der Waals surface area contributed by atoms with Gasteiger partial charge in [0, 0.05) is 12.7 Å². The third kappa shape index (κ3) is 10.1. The lowest BCUT2D eigenvalue weighted by molar-refractivity contribution is -0.150. The lowest BCUT2D eigenvalue weighted by atomic mass is 10.1. The predicted molar refractivity (Wildman–Crippen MR) is 124 cm³/mol. The van der Waals surface area contributed by atoms with Gasteiger partial charge in [-0.2, -0.15) is 0 Å². The number of methoxy groups -OCH3 is 1. The highest BCUT2D eigenvalue weighted by molar-refractivity contribution is 5.69. The fourth-order valence-corrected chi connectivity index (χ4v) is 3.03. The van der Waals surface area contributed by atoms with Crippen molar-refractivity contribution in [2.24, 2.45) is 0 Å². The molecule has 1 atom stereocenters. The summed E-state index contributed by atoms with van der Waals surface area (Å²) in [4.78, 5) is 20.4. The van der Waals surface area contributed by atoms with Gasteiger partial charge in [-0.05, 0) is 37.6 Å². The molecule has 176 valence electrons. The van der Waals surface area contributed by atoms with E-state index in [4.69, 9.17) is 18.9 Å². The van der Waals surface area contributed by atoms with E-state index in [9.17, 15) is 4.79 Å². The first-order chi connectivity index (χ1) is 15.6. The van der Waals surface area contributed by atoms with E-state index in [0.717, 1.165) is 12.0 Å². The van der Waals surface area contributed by atoms with Gasteiger partial charge in [-0.15, -0.1) is 0 Å². The molecule has 32 heavy (non-hydrogen) atoms. The van der Waals surface area contributed by atoms with Crippen molar-refractivity contribution >= 4 is 5.97 Å². The number of carbonyl (C=O) groups excluding carboxylic acids is 1. The van der Waals surface area contributed by atoms with Gasteiger partial charge in [-0.3, -0.25) is 4.79 Å². The van der Waals surface area contributed by atoms with Crippen molar-refractivity contribution in [1.82, 2.24) is 9.97 Å². The number of hydrogen-bond acceptors (Lipinski definition) is 7. The fourth-order valence-electron chi connectivity index (χ4n) is 3.03. The Morgan fingerprint density at radius 2 is 1.59 bits per heavy atom. The van der Waals surface area contributed by atoms with Crippen molar-refractivity contribution in [2.45, 2.75) is 64.9 Å². The molecule has 0 amide bonds. The molecule has 0 saturated heterocycles. The largest absolute Gasteiger partial charge is 0.490 e. The summed E-state index contributed by atoms with van der Waals surface area (Å²) in [5, 5.41) is 0. The first-order valence-corrected chi connectivity index (χ1v) is 11.5. The van der Waals surface area contributed by atoms with Gasteiger partial charge < -0.3 is 18.9 Å². The van der Waals surface area contributed by atoms with E-state index in [1.54, 1.807) is 26.4 Å². The van der Waals surface area contributed by atoms with Crippen LogP contribution in [0, 0.1) is 0 Å². The molecule has 0 aliphatic rings. The average Bonchev–Trinajstić information content (AvgIpc) is 2.81. The van der Waals surface area contributed by atoms with Crippen LogP contribution in [0.3, 0.4) is 0 Å². The third-order valence-corrected chi connectivity index (χ3v) is 4.83. The molecule has 0 aliphatic carbocycles. The monoisotopic (exact) mass is 444 g/mol. The molecule has 2 aromatic rings. The molecule has 1 aromatic carbocycles. The van der Waals surface area contributed by atoms with E-state index in [1.165, 1.54) is 32.1 Å². The van der Waals surface area contributed by atoms with Crippen LogP contribution in [0.5, 0.6) is 11.5 Å². The maximum Gasteiger partial charge on any atom is 0.308 e. The highest BCUT2D eigenvalue weighted by Gasteiger charge is 2.10. The molecule has 7 nitrogen and oxygen atoms in total. The molecular formula is C25H36N2O5. The first kappa shape index (κ1) is 25.6. The highest BCUT2D eigenvalue weighted by Crippen LogP contribution is 2.21. The Balaban J connectivity index is 1.72. The molecular weight excluding hydrogens is 408 g/mol. The van der Waals surface area contributed by atoms with Gasteiger partial charge in [0.05, 0.1) is 32.0 Å². The number of benzene rings is 1. The van der Waals surface area contributed by atoms with Crippen LogP contribution in [0.2, 0.25) is 0 Å². The van der Waals surface area contributed by atoms with Crippen molar-refractivity contribution in [3.63, 3.8) is 0 Å². The molecule has 7 heteroatoms. The maximum absolute atomic E-state index is 11.6. The molecule has 0 bridgehead atoms. The van der Waals surface area contributed by atoms with Gasteiger partial charge in [-0.25, -0.2) is 9.97 Å². The molecule has 2 rings (SSSR count). The minimum atomic E-state index is -0.341. The predicted octanol–water partition coefficient (Wildman–Crippen LogP) is 5.23. The smallest absolute Gasteiger partial charge is 0.308 e. The Morgan fingerprint density at radius 3 is 2.28 bits per heavy atom. The number of unbranched alkanes of at least 4 members (excludes halogenated alkanes) is 5. The molecule has 0 aliphatic heterocycles. The molecule has 0 radical (unpaired) electrons. The second-order valence-corrected chi connectivity index (χ2v) is 7.74. The molecule has 1 heterocycles. The lowest BCUT2D eigenvalue weighted by Crippen LogP contribution is -2.22. The van der Waals surface area contributed by atoms with Crippen molar-refractivity contribution in [2.75, 3.05) is 26.9 Å². The number of carbonyl (C=O) groups is 1. The van der Waals surface area contributed by atoms with Gasteiger partial charge in [0.1, 0.15) is 18.5 Å². The number of nitrogens with zero attached hydrogens (tertiary/aromatic N) is 2. The minimum Gasteiger partial charge on any atom is -0.490 e. The van der Waals surface area contributed by atoms with E-state index >= 15 is 0 Å². The van der Waals surface area contributed by atoms with Crippen molar-refractivity contribution < 1.29 is 23.7 Å². The van der Waals surface area contributed by atoms with Crippen LogP contribution in [0.15, 0.2) is 36.7 Å². The van der Waals surface area contributed by atoms with Crippen molar-refractivity contribution in [1.29, 1.82) is 0 Å². The summed E-state index contributed by atoms with van der Waals surface area (Å²) in [6, 6.07) is 7.50. The Bertz CT molecular complexity index is 765. The van der Waals surface area contributed by atoms with Crippen LogP contribution in [0.25, 0.3) is 11.4 Å². The summed E-state index contributed by atoms with van der Waals surface area (Å²) < 4.78 is 21.6. The van der Waals surface area contributed by atoms with Crippen LogP contribution in [0.4, 0.5) is 0 Å². The molecule has 1 aromatic heterocycles. The van der Waals surface area contributed by atoms with E-state index in [2.05, 4.69) is 16.9 Å². The zero-order valence-corrected chi connectivity index (χ0v) is 19.5. The van der Waals surface area contributed by atoms with Crippen molar-refractivity contribution in [3.05, 3.63) is 36.7 Å². The zero-order chi connectivity index (χ0) is 23.0. The number of hydrogen-bond donors (Lipinski definition) is 0. The number of esters is 1. The first-order valence-electron chi connectivity index (χ1n) is 11.5. The number of rotatable bonds is 16. The quantitative estimate of drug-likeness (QED) is 0.259. The van der Waals surface area contributed by atoms with Crippen molar-refractivity contribution in [3.8, 4) is 22.9 Å².